The fourth-order valence-corrected chi connectivity index (χ4v) is 2.55. The molecule has 0 amide bonds. The highest BCUT2D eigenvalue weighted by Crippen LogP contribution is 2.43. The summed E-state index contributed by atoms with van der Waals surface area (Å²) in [5.74, 6) is 0.341. The minimum absolute atomic E-state index is 0.171. The summed E-state index contributed by atoms with van der Waals surface area (Å²) in [6, 6.07) is 0.201. The zero-order valence-electron chi connectivity index (χ0n) is 7.71. The van der Waals surface area contributed by atoms with Crippen molar-refractivity contribution in [3.8, 4) is 0 Å². The average Bonchev–Trinajstić information content (AvgIpc) is 2.39. The first kappa shape index (κ1) is 8.88. The molecule has 1 spiro atoms. The molecule has 0 atom stereocenters. The maximum atomic E-state index is 11.6. The Morgan fingerprint density at radius 3 is 2.00 bits per heavy atom. The van der Waals surface area contributed by atoms with Crippen molar-refractivity contribution in [2.45, 2.75) is 44.6 Å². The molecular formula is C10H15NO2. The van der Waals surface area contributed by atoms with Gasteiger partial charge < -0.3 is 5.73 Å². The van der Waals surface area contributed by atoms with E-state index in [-0.39, 0.29) is 17.6 Å². The van der Waals surface area contributed by atoms with Gasteiger partial charge in [-0.05, 0) is 25.7 Å². The number of Topliss-reactive ketones (excluding diaryl/α,β-unsaturated/α-hetero) is 2. The van der Waals surface area contributed by atoms with E-state index in [2.05, 4.69) is 0 Å². The van der Waals surface area contributed by atoms with Gasteiger partial charge in [0.15, 0.2) is 0 Å². The topological polar surface area (TPSA) is 60.2 Å². The largest absolute Gasteiger partial charge is 0.328 e. The van der Waals surface area contributed by atoms with Crippen molar-refractivity contribution in [2.75, 3.05) is 0 Å². The molecule has 3 nitrogen and oxygen atoms in total. The minimum atomic E-state index is -0.587. The first-order chi connectivity index (χ1) is 6.15. The van der Waals surface area contributed by atoms with Crippen LogP contribution in [0.1, 0.15) is 38.5 Å². The summed E-state index contributed by atoms with van der Waals surface area (Å²) in [6.07, 6.45) is 3.99. The molecule has 2 rings (SSSR count). The molecule has 0 saturated heterocycles. The van der Waals surface area contributed by atoms with Gasteiger partial charge in [-0.3, -0.25) is 9.59 Å². The van der Waals surface area contributed by atoms with Crippen LogP contribution in [0.4, 0.5) is 0 Å². The fourth-order valence-electron chi connectivity index (χ4n) is 2.55. The highest BCUT2D eigenvalue weighted by atomic mass is 16.2. The van der Waals surface area contributed by atoms with Crippen molar-refractivity contribution in [3.05, 3.63) is 0 Å². The van der Waals surface area contributed by atoms with Crippen LogP contribution in [0, 0.1) is 5.41 Å². The number of nitrogens with two attached hydrogens (primary N) is 1. The van der Waals surface area contributed by atoms with E-state index in [9.17, 15) is 9.59 Å². The molecule has 0 heterocycles. The molecule has 2 aliphatic carbocycles. The van der Waals surface area contributed by atoms with E-state index >= 15 is 0 Å². The third-order valence-corrected chi connectivity index (χ3v) is 3.53. The summed E-state index contributed by atoms with van der Waals surface area (Å²) in [5, 5.41) is 0. The van der Waals surface area contributed by atoms with E-state index in [1.165, 1.54) is 0 Å². The van der Waals surface area contributed by atoms with E-state index in [4.69, 9.17) is 5.73 Å². The highest BCUT2D eigenvalue weighted by Gasteiger charge is 2.50. The molecule has 0 aromatic heterocycles. The van der Waals surface area contributed by atoms with Gasteiger partial charge in [0.2, 0.25) is 0 Å². The Morgan fingerprint density at radius 1 is 1.08 bits per heavy atom. The van der Waals surface area contributed by atoms with E-state index in [0.29, 0.717) is 25.7 Å². The van der Waals surface area contributed by atoms with E-state index in [0.717, 1.165) is 12.8 Å². The molecule has 0 radical (unpaired) electrons. The van der Waals surface area contributed by atoms with Gasteiger partial charge in [0.25, 0.3) is 0 Å². The van der Waals surface area contributed by atoms with Gasteiger partial charge >= 0.3 is 0 Å². The molecule has 72 valence electrons. The second-order valence-corrected chi connectivity index (χ2v) is 4.27. The summed E-state index contributed by atoms with van der Waals surface area (Å²) in [5.41, 5.74) is 5.17. The summed E-state index contributed by atoms with van der Waals surface area (Å²) >= 11 is 0. The second-order valence-electron chi connectivity index (χ2n) is 4.27. The number of ketones is 2. The van der Waals surface area contributed by atoms with Crippen LogP contribution in [0.2, 0.25) is 0 Å². The lowest BCUT2D eigenvalue weighted by Crippen LogP contribution is -2.40. The molecule has 3 heteroatoms. The highest BCUT2D eigenvalue weighted by molar-refractivity contribution is 6.12. The van der Waals surface area contributed by atoms with Gasteiger partial charge in [-0.25, -0.2) is 0 Å². The molecule has 0 aromatic carbocycles. The molecule has 2 fully saturated rings. The fraction of sp³-hybridized carbons (Fsp3) is 0.800. The Kier molecular flexibility index (Phi) is 1.99. The zero-order chi connectivity index (χ0) is 9.47. The van der Waals surface area contributed by atoms with E-state index in [1.54, 1.807) is 0 Å². The normalized spacial score (nSPS) is 28.7. The monoisotopic (exact) mass is 181 g/mol. The lowest BCUT2D eigenvalue weighted by Gasteiger charge is -2.32. The Bertz CT molecular complexity index is 234. The van der Waals surface area contributed by atoms with Gasteiger partial charge in [0.05, 0.1) is 5.41 Å². The molecular weight excluding hydrogens is 166 g/mol. The van der Waals surface area contributed by atoms with Crippen molar-refractivity contribution in [1.29, 1.82) is 0 Å². The molecule has 13 heavy (non-hydrogen) atoms. The smallest absolute Gasteiger partial charge is 0.146 e. The number of hydrogen-bond donors (Lipinski definition) is 1. The van der Waals surface area contributed by atoms with Crippen molar-refractivity contribution in [3.63, 3.8) is 0 Å². The average molecular weight is 181 g/mol. The predicted molar refractivity (Wildman–Crippen MR) is 48.1 cm³/mol. The molecule has 2 saturated carbocycles. The van der Waals surface area contributed by atoms with Crippen LogP contribution in [0.25, 0.3) is 0 Å². The van der Waals surface area contributed by atoms with Crippen LogP contribution in [0.3, 0.4) is 0 Å². The van der Waals surface area contributed by atoms with Crippen LogP contribution < -0.4 is 5.73 Å². The molecule has 0 unspecified atom stereocenters. The van der Waals surface area contributed by atoms with Crippen LogP contribution in [0.5, 0.6) is 0 Å². The summed E-state index contributed by atoms with van der Waals surface area (Å²) in [6.45, 7) is 0. The summed E-state index contributed by atoms with van der Waals surface area (Å²) in [4.78, 5) is 23.2. The Labute approximate surface area is 77.7 Å². The zero-order valence-corrected chi connectivity index (χ0v) is 7.71. The predicted octanol–water partition coefficient (Wildman–Crippen LogP) is 0.806. The lowest BCUT2D eigenvalue weighted by molar-refractivity contribution is -0.137. The number of rotatable bonds is 0. The Hall–Kier alpha value is -0.700. The van der Waals surface area contributed by atoms with Crippen LogP contribution >= 0.6 is 0 Å². The quantitative estimate of drug-likeness (QED) is 0.562. The van der Waals surface area contributed by atoms with Gasteiger partial charge in [-0.2, -0.15) is 0 Å². The third kappa shape index (κ3) is 1.22. The first-order valence-electron chi connectivity index (χ1n) is 4.97. The maximum Gasteiger partial charge on any atom is 0.146 e. The molecule has 0 aliphatic heterocycles. The Morgan fingerprint density at radius 2 is 1.54 bits per heavy atom. The summed E-state index contributed by atoms with van der Waals surface area (Å²) in [7, 11) is 0. The van der Waals surface area contributed by atoms with Crippen molar-refractivity contribution in [1.82, 2.24) is 0 Å². The molecule has 0 bridgehead atoms. The first-order valence-corrected chi connectivity index (χ1v) is 4.97. The number of carbonyl (C=O) groups excluding carboxylic acids is 2. The molecule has 2 N–H and O–H groups in total. The molecule has 2 aliphatic rings. The lowest BCUT2D eigenvalue weighted by atomic mass is 9.70. The van der Waals surface area contributed by atoms with Gasteiger partial charge in [0, 0.05) is 18.9 Å². The van der Waals surface area contributed by atoms with Crippen LogP contribution in [-0.4, -0.2) is 17.6 Å². The number of hydrogen-bond acceptors (Lipinski definition) is 3. The number of carbonyl (C=O) groups is 2. The van der Waals surface area contributed by atoms with Gasteiger partial charge in [0.1, 0.15) is 11.6 Å². The molecule has 0 aromatic rings. The van der Waals surface area contributed by atoms with E-state index in [1.807, 2.05) is 0 Å². The standard InChI is InChI=1S/C10H15NO2/c11-7-3-5-10(6-4-7)8(12)1-2-9(10)13/h7H,1-6,11H2. The van der Waals surface area contributed by atoms with Crippen molar-refractivity contribution in [2.24, 2.45) is 11.1 Å². The second kappa shape index (κ2) is 2.91. The van der Waals surface area contributed by atoms with Gasteiger partial charge in [-0.15, -0.1) is 0 Å². The van der Waals surface area contributed by atoms with Crippen molar-refractivity contribution < 1.29 is 9.59 Å². The van der Waals surface area contributed by atoms with Gasteiger partial charge in [-0.1, -0.05) is 0 Å². The SMILES string of the molecule is NC1CCC2(CC1)C(=O)CCC2=O. The van der Waals surface area contributed by atoms with E-state index < -0.39 is 5.41 Å². The maximum absolute atomic E-state index is 11.6. The van der Waals surface area contributed by atoms with Crippen LogP contribution in [-0.2, 0) is 9.59 Å². The van der Waals surface area contributed by atoms with Crippen LogP contribution in [0.15, 0.2) is 0 Å². The third-order valence-electron chi connectivity index (χ3n) is 3.53. The summed E-state index contributed by atoms with van der Waals surface area (Å²) < 4.78 is 0. The van der Waals surface area contributed by atoms with Crippen molar-refractivity contribution >= 4 is 11.6 Å². The Balaban J connectivity index is 2.19. The minimum Gasteiger partial charge on any atom is -0.328 e.